The van der Waals surface area contributed by atoms with Gasteiger partial charge in [0.05, 0.1) is 11.2 Å². The molecule has 2 aromatic rings. The largest absolute Gasteiger partial charge is 0.324 e. The Balaban J connectivity index is 1.83. The molecule has 1 unspecified atom stereocenters. The molecule has 0 spiro atoms. The highest BCUT2D eigenvalue weighted by Crippen LogP contribution is 2.23. The first-order chi connectivity index (χ1) is 10.1. The smallest absolute Gasteiger partial charge is 0.244 e. The summed E-state index contributed by atoms with van der Waals surface area (Å²) in [6.07, 6.45) is 3.41. The monoisotopic (exact) mass is 286 g/mol. The Hall–Kier alpha value is -2.28. The SMILES string of the molecule is Cc1ccc(NC(=O)C2(C)CCCN2)cc1-n1cnnn1. The normalized spacial score (nSPS) is 21.4. The lowest BCUT2D eigenvalue weighted by Gasteiger charge is -2.23. The van der Waals surface area contributed by atoms with Gasteiger partial charge < -0.3 is 10.6 Å². The third kappa shape index (κ3) is 2.64. The number of benzene rings is 1. The lowest BCUT2D eigenvalue weighted by Crippen LogP contribution is -2.47. The number of anilines is 1. The number of nitrogens with zero attached hydrogens (tertiary/aromatic N) is 4. The highest BCUT2D eigenvalue weighted by atomic mass is 16.2. The number of aromatic nitrogens is 4. The maximum atomic E-state index is 12.4. The van der Waals surface area contributed by atoms with E-state index in [0.717, 1.165) is 36.3 Å². The van der Waals surface area contributed by atoms with Crippen molar-refractivity contribution in [2.75, 3.05) is 11.9 Å². The van der Waals surface area contributed by atoms with Gasteiger partial charge in [0.25, 0.3) is 0 Å². The van der Waals surface area contributed by atoms with Crippen LogP contribution in [0.15, 0.2) is 24.5 Å². The average molecular weight is 286 g/mol. The molecule has 1 atom stereocenters. The van der Waals surface area contributed by atoms with Crippen LogP contribution in [0.1, 0.15) is 25.3 Å². The minimum atomic E-state index is -0.486. The Morgan fingerprint density at radius 2 is 2.33 bits per heavy atom. The summed E-state index contributed by atoms with van der Waals surface area (Å²) in [6.45, 7) is 4.79. The minimum Gasteiger partial charge on any atom is -0.324 e. The molecule has 0 aliphatic carbocycles. The zero-order valence-corrected chi connectivity index (χ0v) is 12.1. The van der Waals surface area contributed by atoms with Crippen LogP contribution in [0.4, 0.5) is 5.69 Å². The lowest BCUT2D eigenvalue weighted by molar-refractivity contribution is -0.121. The van der Waals surface area contributed by atoms with Crippen LogP contribution in [0.5, 0.6) is 0 Å². The van der Waals surface area contributed by atoms with E-state index in [1.807, 2.05) is 32.0 Å². The Labute approximate surface area is 122 Å². The average Bonchev–Trinajstić information content (AvgIpc) is 3.13. The van der Waals surface area contributed by atoms with Crippen molar-refractivity contribution >= 4 is 11.6 Å². The van der Waals surface area contributed by atoms with E-state index in [1.54, 1.807) is 4.68 Å². The van der Waals surface area contributed by atoms with Gasteiger partial charge in [0, 0.05) is 5.69 Å². The van der Waals surface area contributed by atoms with Crippen molar-refractivity contribution in [3.05, 3.63) is 30.1 Å². The molecule has 110 valence electrons. The third-order valence-corrected chi connectivity index (χ3v) is 3.93. The summed E-state index contributed by atoms with van der Waals surface area (Å²) in [4.78, 5) is 12.4. The number of nitrogens with one attached hydrogen (secondary N) is 2. The van der Waals surface area contributed by atoms with Gasteiger partial charge in [-0.25, -0.2) is 4.68 Å². The number of carbonyl (C=O) groups is 1. The van der Waals surface area contributed by atoms with Crippen molar-refractivity contribution in [1.29, 1.82) is 0 Å². The van der Waals surface area contributed by atoms with E-state index in [0.29, 0.717) is 0 Å². The van der Waals surface area contributed by atoms with E-state index in [9.17, 15) is 4.79 Å². The fraction of sp³-hybridized carbons (Fsp3) is 0.429. The quantitative estimate of drug-likeness (QED) is 0.881. The highest BCUT2D eigenvalue weighted by Gasteiger charge is 2.35. The van der Waals surface area contributed by atoms with Gasteiger partial charge in [-0.15, -0.1) is 5.10 Å². The molecule has 7 nitrogen and oxygen atoms in total. The van der Waals surface area contributed by atoms with Crippen LogP contribution >= 0.6 is 0 Å². The molecule has 1 aromatic carbocycles. The fourth-order valence-electron chi connectivity index (χ4n) is 2.56. The second-order valence-corrected chi connectivity index (χ2v) is 5.57. The molecule has 1 aliphatic rings. The molecule has 21 heavy (non-hydrogen) atoms. The second kappa shape index (κ2) is 5.25. The maximum absolute atomic E-state index is 12.4. The van der Waals surface area contributed by atoms with Gasteiger partial charge in [0.15, 0.2) is 0 Å². The first kappa shape index (κ1) is 13.7. The molecule has 1 aliphatic heterocycles. The predicted octanol–water partition coefficient (Wildman–Crippen LogP) is 1.05. The number of aryl methyl sites for hydroxylation is 1. The Bertz CT molecular complexity index is 645. The Morgan fingerprint density at radius 1 is 1.48 bits per heavy atom. The standard InChI is InChI=1S/C14H18N6O/c1-10-4-5-11(8-12(10)20-9-16-18-19-20)17-13(21)14(2)6-3-7-15-14/h4-5,8-9,15H,3,6-7H2,1-2H3,(H,17,21). The molecular formula is C14H18N6O. The van der Waals surface area contributed by atoms with Gasteiger partial charge in [-0.3, -0.25) is 4.79 Å². The zero-order chi connectivity index (χ0) is 14.9. The molecule has 1 aromatic heterocycles. The highest BCUT2D eigenvalue weighted by molar-refractivity contribution is 5.98. The zero-order valence-electron chi connectivity index (χ0n) is 12.1. The maximum Gasteiger partial charge on any atom is 0.244 e. The van der Waals surface area contributed by atoms with Crippen molar-refractivity contribution in [1.82, 2.24) is 25.5 Å². The first-order valence-electron chi connectivity index (χ1n) is 6.99. The summed E-state index contributed by atoms with van der Waals surface area (Å²) in [5, 5.41) is 17.4. The van der Waals surface area contributed by atoms with Gasteiger partial charge in [-0.1, -0.05) is 6.07 Å². The third-order valence-electron chi connectivity index (χ3n) is 3.93. The van der Waals surface area contributed by atoms with E-state index in [2.05, 4.69) is 26.2 Å². The van der Waals surface area contributed by atoms with Gasteiger partial charge in [0.2, 0.25) is 5.91 Å². The number of hydrogen-bond acceptors (Lipinski definition) is 5. The van der Waals surface area contributed by atoms with Gasteiger partial charge >= 0.3 is 0 Å². The van der Waals surface area contributed by atoms with E-state index in [4.69, 9.17) is 0 Å². The van der Waals surface area contributed by atoms with Crippen LogP contribution in [-0.2, 0) is 4.79 Å². The second-order valence-electron chi connectivity index (χ2n) is 5.57. The van der Waals surface area contributed by atoms with Gasteiger partial charge in [-0.2, -0.15) is 0 Å². The van der Waals surface area contributed by atoms with E-state index >= 15 is 0 Å². The van der Waals surface area contributed by atoms with E-state index in [-0.39, 0.29) is 5.91 Å². The van der Waals surface area contributed by atoms with Crippen LogP contribution in [-0.4, -0.2) is 38.2 Å². The molecular weight excluding hydrogens is 268 g/mol. The molecule has 0 radical (unpaired) electrons. The van der Waals surface area contributed by atoms with Crippen LogP contribution < -0.4 is 10.6 Å². The number of carbonyl (C=O) groups excluding carboxylic acids is 1. The summed E-state index contributed by atoms with van der Waals surface area (Å²) in [7, 11) is 0. The molecule has 1 saturated heterocycles. The predicted molar refractivity (Wildman–Crippen MR) is 78.2 cm³/mol. The van der Waals surface area contributed by atoms with Crippen molar-refractivity contribution in [3.63, 3.8) is 0 Å². The van der Waals surface area contributed by atoms with Crippen LogP contribution in [0.2, 0.25) is 0 Å². The number of amides is 1. The van der Waals surface area contributed by atoms with Crippen molar-refractivity contribution in [2.45, 2.75) is 32.2 Å². The van der Waals surface area contributed by atoms with Crippen molar-refractivity contribution < 1.29 is 4.79 Å². The van der Waals surface area contributed by atoms with Gasteiger partial charge in [0.1, 0.15) is 6.33 Å². The number of rotatable bonds is 3. The number of tetrazole rings is 1. The Kier molecular flexibility index (Phi) is 3.42. The Morgan fingerprint density at radius 3 is 3.00 bits per heavy atom. The fourth-order valence-corrected chi connectivity index (χ4v) is 2.56. The summed E-state index contributed by atoms with van der Waals surface area (Å²) in [6, 6.07) is 5.71. The molecule has 1 amide bonds. The number of hydrogen-bond donors (Lipinski definition) is 2. The lowest BCUT2D eigenvalue weighted by atomic mass is 9.99. The van der Waals surface area contributed by atoms with Crippen molar-refractivity contribution in [2.24, 2.45) is 0 Å². The molecule has 2 N–H and O–H groups in total. The molecule has 1 fully saturated rings. The van der Waals surface area contributed by atoms with Crippen molar-refractivity contribution in [3.8, 4) is 5.69 Å². The summed E-state index contributed by atoms with van der Waals surface area (Å²) >= 11 is 0. The summed E-state index contributed by atoms with van der Waals surface area (Å²) in [5.74, 6) is -0.00785. The molecule has 2 heterocycles. The van der Waals surface area contributed by atoms with E-state index < -0.39 is 5.54 Å². The molecule has 7 heteroatoms. The van der Waals surface area contributed by atoms with Crippen LogP contribution in [0.25, 0.3) is 5.69 Å². The van der Waals surface area contributed by atoms with Crippen LogP contribution in [0, 0.1) is 6.92 Å². The molecule has 0 bridgehead atoms. The topological polar surface area (TPSA) is 84.7 Å². The summed E-state index contributed by atoms with van der Waals surface area (Å²) < 4.78 is 1.58. The van der Waals surface area contributed by atoms with E-state index in [1.165, 1.54) is 6.33 Å². The molecule has 0 saturated carbocycles. The minimum absolute atomic E-state index is 0.00785. The van der Waals surface area contributed by atoms with Crippen LogP contribution in [0.3, 0.4) is 0 Å². The van der Waals surface area contributed by atoms with Gasteiger partial charge in [-0.05, 0) is 61.4 Å². The first-order valence-corrected chi connectivity index (χ1v) is 6.99. The summed E-state index contributed by atoms with van der Waals surface area (Å²) in [5.41, 5.74) is 2.14. The molecule has 3 rings (SSSR count).